The number of nitrogens with one attached hydrogen (secondary N) is 1. The van der Waals surface area contributed by atoms with Crippen LogP contribution in [0.5, 0.6) is 0 Å². The number of carbonyl (C=O) groups excluding carboxylic acids is 1. The smallest absolute Gasteiger partial charge is 0.257 e. The van der Waals surface area contributed by atoms with E-state index in [0.29, 0.717) is 18.2 Å². The summed E-state index contributed by atoms with van der Waals surface area (Å²) in [4.78, 5) is 14.4. The monoisotopic (exact) mass is 294 g/mol. The lowest BCUT2D eigenvalue weighted by Gasteiger charge is -2.29. The van der Waals surface area contributed by atoms with Crippen molar-refractivity contribution in [3.63, 3.8) is 0 Å². The number of hydrogen-bond acceptors (Lipinski definition) is 2. The molecule has 2 aliphatic rings. The molecule has 0 spiro atoms. The highest BCUT2D eigenvalue weighted by atomic mass is 19.1. The quantitative estimate of drug-likeness (QED) is 0.909. The number of aryl methyl sites for hydroxylation is 1. The van der Waals surface area contributed by atoms with E-state index in [0.717, 1.165) is 38.3 Å². The Bertz CT molecular complexity index is 555. The number of benzene rings is 1. The van der Waals surface area contributed by atoms with E-state index in [-0.39, 0.29) is 17.5 Å². The maximum Gasteiger partial charge on any atom is 0.257 e. The second-order valence-electron chi connectivity index (χ2n) is 5.99. The highest BCUT2D eigenvalue weighted by Gasteiger charge is 2.37. The van der Waals surface area contributed by atoms with Gasteiger partial charge >= 0.3 is 0 Å². The molecular formula is C16H20F2N2O. The van der Waals surface area contributed by atoms with E-state index >= 15 is 0 Å². The summed E-state index contributed by atoms with van der Waals surface area (Å²) in [5, 5.41) is 3.42. The molecule has 114 valence electrons. The summed E-state index contributed by atoms with van der Waals surface area (Å²) in [6.45, 7) is 3.18. The molecule has 0 saturated carbocycles. The SMILES string of the molecule is Cc1cc(C(=O)N2CCCC2C2CCCN2)c(F)cc1F. The van der Waals surface area contributed by atoms with Gasteiger partial charge in [-0.25, -0.2) is 8.78 Å². The standard InChI is InChI=1S/C16H20F2N2O/c1-10-8-11(13(18)9-12(10)17)16(21)20-7-3-5-15(20)14-4-2-6-19-14/h8-9,14-15,19H,2-7H2,1H3. The van der Waals surface area contributed by atoms with Crippen LogP contribution in [0.15, 0.2) is 12.1 Å². The fourth-order valence-corrected chi connectivity index (χ4v) is 3.48. The van der Waals surface area contributed by atoms with Crippen molar-refractivity contribution in [1.29, 1.82) is 0 Å². The van der Waals surface area contributed by atoms with Crippen LogP contribution < -0.4 is 5.32 Å². The maximum absolute atomic E-state index is 13.9. The first kappa shape index (κ1) is 14.4. The molecule has 21 heavy (non-hydrogen) atoms. The molecule has 0 aliphatic carbocycles. The number of nitrogens with zero attached hydrogens (tertiary/aromatic N) is 1. The fraction of sp³-hybridized carbons (Fsp3) is 0.562. The lowest BCUT2D eigenvalue weighted by Crippen LogP contribution is -2.46. The molecule has 5 heteroatoms. The van der Waals surface area contributed by atoms with Gasteiger partial charge in [-0.15, -0.1) is 0 Å². The lowest BCUT2D eigenvalue weighted by atomic mass is 10.0. The van der Waals surface area contributed by atoms with E-state index in [1.54, 1.807) is 11.8 Å². The number of hydrogen-bond donors (Lipinski definition) is 1. The highest BCUT2D eigenvalue weighted by molar-refractivity contribution is 5.95. The Hall–Kier alpha value is -1.49. The molecule has 3 nitrogen and oxygen atoms in total. The maximum atomic E-state index is 13.9. The van der Waals surface area contributed by atoms with E-state index in [2.05, 4.69) is 5.32 Å². The highest BCUT2D eigenvalue weighted by Crippen LogP contribution is 2.27. The Morgan fingerprint density at radius 2 is 2.05 bits per heavy atom. The molecule has 0 radical (unpaired) electrons. The number of amides is 1. The van der Waals surface area contributed by atoms with E-state index < -0.39 is 11.6 Å². The molecular weight excluding hydrogens is 274 g/mol. The molecule has 1 aromatic carbocycles. The molecule has 1 N–H and O–H groups in total. The first-order valence-electron chi connectivity index (χ1n) is 7.58. The molecule has 0 aromatic heterocycles. The van der Waals surface area contributed by atoms with Crippen molar-refractivity contribution < 1.29 is 13.6 Å². The summed E-state index contributed by atoms with van der Waals surface area (Å²) >= 11 is 0. The van der Waals surface area contributed by atoms with Crippen LogP contribution in [0.1, 0.15) is 41.6 Å². The summed E-state index contributed by atoms with van der Waals surface area (Å²) in [5.74, 6) is -1.69. The van der Waals surface area contributed by atoms with Crippen LogP contribution in [-0.2, 0) is 0 Å². The minimum absolute atomic E-state index is 0.0150. The average molecular weight is 294 g/mol. The molecule has 0 bridgehead atoms. The van der Waals surface area contributed by atoms with Crippen molar-refractivity contribution in [3.8, 4) is 0 Å². The third-order valence-corrected chi connectivity index (χ3v) is 4.60. The molecule has 2 unspecified atom stereocenters. The van der Waals surface area contributed by atoms with Crippen LogP contribution in [-0.4, -0.2) is 36.0 Å². The Balaban J connectivity index is 1.85. The zero-order chi connectivity index (χ0) is 15.0. The predicted molar refractivity (Wildman–Crippen MR) is 76.2 cm³/mol. The van der Waals surface area contributed by atoms with Gasteiger partial charge in [0.05, 0.1) is 5.56 Å². The first-order valence-corrected chi connectivity index (χ1v) is 7.58. The van der Waals surface area contributed by atoms with Crippen LogP contribution >= 0.6 is 0 Å². The van der Waals surface area contributed by atoms with Crippen LogP contribution in [0.3, 0.4) is 0 Å². The number of carbonyl (C=O) groups is 1. The molecule has 2 saturated heterocycles. The van der Waals surface area contributed by atoms with Crippen LogP contribution in [0.2, 0.25) is 0 Å². The van der Waals surface area contributed by atoms with Gasteiger partial charge in [-0.1, -0.05) is 0 Å². The zero-order valence-corrected chi connectivity index (χ0v) is 12.2. The predicted octanol–water partition coefficient (Wildman–Crippen LogP) is 2.63. The summed E-state index contributed by atoms with van der Waals surface area (Å²) in [6, 6.07) is 2.57. The van der Waals surface area contributed by atoms with Crippen molar-refractivity contribution in [1.82, 2.24) is 10.2 Å². The molecule has 1 aromatic rings. The normalized spacial score (nSPS) is 25.6. The van der Waals surface area contributed by atoms with E-state index in [1.807, 2.05) is 0 Å². The van der Waals surface area contributed by atoms with Gasteiger partial charge in [-0.05, 0) is 50.8 Å². The Morgan fingerprint density at radius 3 is 2.76 bits per heavy atom. The molecule has 2 fully saturated rings. The summed E-state index contributed by atoms with van der Waals surface area (Å²) in [7, 11) is 0. The number of rotatable bonds is 2. The minimum atomic E-state index is -0.770. The zero-order valence-electron chi connectivity index (χ0n) is 12.2. The summed E-state index contributed by atoms with van der Waals surface area (Å²) in [6.07, 6.45) is 4.06. The van der Waals surface area contributed by atoms with Crippen molar-refractivity contribution in [2.75, 3.05) is 13.1 Å². The van der Waals surface area contributed by atoms with Gasteiger partial charge in [0.2, 0.25) is 0 Å². The van der Waals surface area contributed by atoms with Gasteiger partial charge in [-0.3, -0.25) is 4.79 Å². The Morgan fingerprint density at radius 1 is 1.24 bits per heavy atom. The molecule has 1 amide bonds. The van der Waals surface area contributed by atoms with Gasteiger partial charge in [-0.2, -0.15) is 0 Å². The minimum Gasteiger partial charge on any atom is -0.334 e. The molecule has 3 rings (SSSR count). The van der Waals surface area contributed by atoms with Gasteiger partial charge in [0, 0.05) is 24.7 Å². The van der Waals surface area contributed by atoms with Gasteiger partial charge in [0.15, 0.2) is 0 Å². The fourth-order valence-electron chi connectivity index (χ4n) is 3.48. The summed E-state index contributed by atoms with van der Waals surface area (Å²) < 4.78 is 27.3. The average Bonchev–Trinajstić information content (AvgIpc) is 3.11. The molecule has 2 heterocycles. The van der Waals surface area contributed by atoms with Gasteiger partial charge in [0.1, 0.15) is 11.6 Å². The van der Waals surface area contributed by atoms with Crippen molar-refractivity contribution in [2.24, 2.45) is 0 Å². The first-order chi connectivity index (χ1) is 10.1. The Kier molecular flexibility index (Phi) is 3.93. The van der Waals surface area contributed by atoms with Gasteiger partial charge in [0.25, 0.3) is 5.91 Å². The van der Waals surface area contributed by atoms with E-state index in [1.165, 1.54) is 6.07 Å². The topological polar surface area (TPSA) is 32.3 Å². The largest absolute Gasteiger partial charge is 0.334 e. The van der Waals surface area contributed by atoms with E-state index in [4.69, 9.17) is 0 Å². The number of likely N-dealkylation sites (tertiary alicyclic amines) is 1. The third-order valence-electron chi connectivity index (χ3n) is 4.60. The van der Waals surface area contributed by atoms with Crippen LogP contribution in [0.4, 0.5) is 8.78 Å². The second-order valence-corrected chi connectivity index (χ2v) is 5.99. The van der Waals surface area contributed by atoms with Crippen molar-refractivity contribution in [2.45, 2.75) is 44.7 Å². The second kappa shape index (κ2) is 5.72. The lowest BCUT2D eigenvalue weighted by molar-refractivity contribution is 0.0706. The van der Waals surface area contributed by atoms with Gasteiger partial charge < -0.3 is 10.2 Å². The van der Waals surface area contributed by atoms with Crippen molar-refractivity contribution in [3.05, 3.63) is 34.9 Å². The molecule has 2 atom stereocenters. The molecule has 2 aliphatic heterocycles. The summed E-state index contributed by atoms with van der Waals surface area (Å²) in [5.41, 5.74) is 0.285. The van der Waals surface area contributed by atoms with Crippen LogP contribution in [0.25, 0.3) is 0 Å². The van der Waals surface area contributed by atoms with Crippen LogP contribution in [0, 0.1) is 18.6 Å². The van der Waals surface area contributed by atoms with Crippen molar-refractivity contribution >= 4 is 5.91 Å². The third kappa shape index (κ3) is 2.67. The Labute approximate surface area is 123 Å². The van der Waals surface area contributed by atoms with E-state index in [9.17, 15) is 13.6 Å². The number of halogens is 2.